The van der Waals surface area contributed by atoms with Crippen LogP contribution in [0.15, 0.2) is 18.2 Å². The first-order valence-corrected chi connectivity index (χ1v) is 7.29. The molecule has 1 rings (SSSR count). The molecule has 2 unspecified atom stereocenters. The predicted molar refractivity (Wildman–Crippen MR) is 81.8 cm³/mol. The van der Waals surface area contributed by atoms with E-state index in [1.807, 2.05) is 25.1 Å². The molecule has 2 nitrogen and oxygen atoms in total. The van der Waals surface area contributed by atoms with Gasteiger partial charge >= 0.3 is 0 Å². The van der Waals surface area contributed by atoms with E-state index in [1.165, 1.54) is 11.1 Å². The Morgan fingerprint density at radius 3 is 2.26 bits per heavy atom. The van der Waals surface area contributed by atoms with E-state index in [2.05, 4.69) is 39.5 Å². The topological polar surface area (TPSA) is 20.3 Å². The van der Waals surface area contributed by atoms with Crippen molar-refractivity contribution in [3.8, 4) is 0 Å². The average Bonchev–Trinajstić information content (AvgIpc) is 2.41. The second-order valence-electron chi connectivity index (χ2n) is 5.43. The monoisotopic (exact) mass is 261 g/mol. The lowest BCUT2D eigenvalue weighted by molar-refractivity contribution is 0.0782. The van der Waals surface area contributed by atoms with E-state index in [9.17, 15) is 4.79 Å². The molecule has 0 saturated heterocycles. The number of Topliss-reactive ketones (excluding diaryl/α,β-unsaturated/α-hetero) is 1. The fourth-order valence-corrected chi connectivity index (χ4v) is 2.49. The second kappa shape index (κ2) is 6.85. The minimum atomic E-state index is -0.0537. The highest BCUT2D eigenvalue weighted by Gasteiger charge is 2.24. The van der Waals surface area contributed by atoms with Gasteiger partial charge in [-0.15, -0.1) is 0 Å². The molecule has 0 amide bonds. The Hall–Kier alpha value is -1.15. The summed E-state index contributed by atoms with van der Waals surface area (Å²) in [6, 6.07) is 6.39. The Labute approximate surface area is 117 Å². The van der Waals surface area contributed by atoms with Crippen LogP contribution < -0.4 is 0 Å². The van der Waals surface area contributed by atoms with Gasteiger partial charge in [-0.3, -0.25) is 9.69 Å². The number of nitrogens with zero attached hydrogens (tertiary/aromatic N) is 1. The van der Waals surface area contributed by atoms with Gasteiger partial charge in [0, 0.05) is 11.6 Å². The van der Waals surface area contributed by atoms with Crippen molar-refractivity contribution in [2.45, 2.75) is 60.0 Å². The third-order valence-corrected chi connectivity index (χ3v) is 4.19. The number of carbonyl (C=O) groups excluding carboxylic acids is 1. The highest BCUT2D eigenvalue weighted by atomic mass is 16.1. The van der Waals surface area contributed by atoms with Crippen LogP contribution >= 0.6 is 0 Å². The Morgan fingerprint density at radius 1 is 1.16 bits per heavy atom. The van der Waals surface area contributed by atoms with Crippen LogP contribution in [0.4, 0.5) is 0 Å². The smallest absolute Gasteiger partial charge is 0.179 e. The van der Waals surface area contributed by atoms with Gasteiger partial charge in [0.05, 0.1) is 6.04 Å². The fraction of sp³-hybridized carbons (Fsp3) is 0.588. The van der Waals surface area contributed by atoms with E-state index in [0.717, 1.165) is 18.5 Å². The number of aryl methyl sites for hydroxylation is 2. The molecule has 0 aliphatic heterocycles. The maximum atomic E-state index is 12.6. The number of hydrogen-bond acceptors (Lipinski definition) is 2. The molecule has 2 atom stereocenters. The third-order valence-electron chi connectivity index (χ3n) is 4.19. The van der Waals surface area contributed by atoms with E-state index in [1.54, 1.807) is 0 Å². The first kappa shape index (κ1) is 15.9. The van der Waals surface area contributed by atoms with Crippen molar-refractivity contribution in [1.29, 1.82) is 0 Å². The minimum absolute atomic E-state index is 0.0537. The van der Waals surface area contributed by atoms with Gasteiger partial charge in [-0.2, -0.15) is 0 Å². The van der Waals surface area contributed by atoms with Crippen LogP contribution in [-0.2, 0) is 0 Å². The minimum Gasteiger partial charge on any atom is -0.292 e. The molecule has 0 spiro atoms. The summed E-state index contributed by atoms with van der Waals surface area (Å²) in [5.41, 5.74) is 3.25. The molecule has 1 aromatic carbocycles. The molecule has 0 heterocycles. The maximum Gasteiger partial charge on any atom is 0.179 e. The number of benzene rings is 1. The molecule has 0 aromatic heterocycles. The van der Waals surface area contributed by atoms with Crippen molar-refractivity contribution in [2.75, 3.05) is 6.54 Å². The summed E-state index contributed by atoms with van der Waals surface area (Å²) in [5, 5.41) is 0. The van der Waals surface area contributed by atoms with Gasteiger partial charge in [-0.25, -0.2) is 0 Å². The highest BCUT2D eigenvalue weighted by Crippen LogP contribution is 2.16. The standard InChI is InChI=1S/C17H27NO/c1-7-14(5)18(8-2)15(6)17(19)16-10-9-12(3)13(4)11-16/h9-11,14-15H,7-8H2,1-6H3. The molecule has 0 fully saturated rings. The van der Waals surface area contributed by atoms with Gasteiger partial charge in [-0.1, -0.05) is 26.0 Å². The molecular formula is C17H27NO. The lowest BCUT2D eigenvalue weighted by Crippen LogP contribution is -2.44. The molecular weight excluding hydrogens is 234 g/mol. The van der Waals surface area contributed by atoms with E-state index < -0.39 is 0 Å². The Bertz CT molecular complexity index is 439. The first-order chi connectivity index (χ1) is 8.92. The third kappa shape index (κ3) is 3.66. The van der Waals surface area contributed by atoms with E-state index in [4.69, 9.17) is 0 Å². The van der Waals surface area contributed by atoms with Crippen molar-refractivity contribution in [1.82, 2.24) is 4.90 Å². The lowest BCUT2D eigenvalue weighted by Gasteiger charge is -2.32. The zero-order valence-corrected chi connectivity index (χ0v) is 13.2. The number of rotatable bonds is 6. The fourth-order valence-electron chi connectivity index (χ4n) is 2.49. The van der Waals surface area contributed by atoms with E-state index in [-0.39, 0.29) is 11.8 Å². The van der Waals surface area contributed by atoms with Gasteiger partial charge in [0.2, 0.25) is 0 Å². The van der Waals surface area contributed by atoms with Crippen LogP contribution in [-0.4, -0.2) is 29.3 Å². The number of likely N-dealkylation sites (N-methyl/N-ethyl adjacent to an activating group) is 1. The average molecular weight is 261 g/mol. The highest BCUT2D eigenvalue weighted by molar-refractivity contribution is 6.00. The maximum absolute atomic E-state index is 12.6. The van der Waals surface area contributed by atoms with Crippen LogP contribution in [0.3, 0.4) is 0 Å². The summed E-state index contributed by atoms with van der Waals surface area (Å²) in [4.78, 5) is 14.9. The Balaban J connectivity index is 2.94. The largest absolute Gasteiger partial charge is 0.292 e. The molecule has 0 bridgehead atoms. The zero-order chi connectivity index (χ0) is 14.6. The zero-order valence-electron chi connectivity index (χ0n) is 13.2. The molecule has 0 saturated carbocycles. The molecule has 1 aromatic rings. The SMILES string of the molecule is CCC(C)N(CC)C(C)C(=O)c1ccc(C)c(C)c1. The summed E-state index contributed by atoms with van der Waals surface area (Å²) in [6.45, 7) is 13.5. The molecule has 0 N–H and O–H groups in total. The van der Waals surface area contributed by atoms with Crippen LogP contribution in [0.1, 0.15) is 55.6 Å². The predicted octanol–water partition coefficient (Wildman–Crippen LogP) is 4.00. The van der Waals surface area contributed by atoms with Crippen molar-refractivity contribution < 1.29 is 4.79 Å². The molecule has 0 radical (unpaired) electrons. The molecule has 0 aliphatic rings. The second-order valence-corrected chi connectivity index (χ2v) is 5.43. The summed E-state index contributed by atoms with van der Waals surface area (Å²) in [7, 11) is 0. The number of carbonyl (C=O) groups is 1. The lowest BCUT2D eigenvalue weighted by atomic mass is 9.98. The quantitative estimate of drug-likeness (QED) is 0.722. The molecule has 0 aliphatic carbocycles. The Kier molecular flexibility index (Phi) is 5.74. The van der Waals surface area contributed by atoms with Crippen LogP contribution in [0.25, 0.3) is 0 Å². The van der Waals surface area contributed by atoms with Gasteiger partial charge in [0.1, 0.15) is 0 Å². The van der Waals surface area contributed by atoms with Crippen LogP contribution in [0.2, 0.25) is 0 Å². The summed E-state index contributed by atoms with van der Waals surface area (Å²) in [6.07, 6.45) is 1.07. The normalized spacial score (nSPS) is 14.5. The van der Waals surface area contributed by atoms with Crippen molar-refractivity contribution >= 4 is 5.78 Å². The van der Waals surface area contributed by atoms with E-state index in [0.29, 0.717) is 6.04 Å². The van der Waals surface area contributed by atoms with Crippen molar-refractivity contribution in [3.05, 3.63) is 34.9 Å². The molecule has 106 valence electrons. The number of hydrogen-bond donors (Lipinski definition) is 0. The van der Waals surface area contributed by atoms with Gasteiger partial charge in [0.25, 0.3) is 0 Å². The summed E-state index contributed by atoms with van der Waals surface area (Å²) < 4.78 is 0. The molecule has 19 heavy (non-hydrogen) atoms. The van der Waals surface area contributed by atoms with Gasteiger partial charge < -0.3 is 0 Å². The number of ketones is 1. The first-order valence-electron chi connectivity index (χ1n) is 7.29. The van der Waals surface area contributed by atoms with Crippen LogP contribution in [0, 0.1) is 13.8 Å². The molecule has 2 heteroatoms. The summed E-state index contributed by atoms with van der Waals surface area (Å²) in [5.74, 6) is 0.227. The summed E-state index contributed by atoms with van der Waals surface area (Å²) >= 11 is 0. The Morgan fingerprint density at radius 2 is 1.79 bits per heavy atom. The van der Waals surface area contributed by atoms with Crippen molar-refractivity contribution in [2.24, 2.45) is 0 Å². The van der Waals surface area contributed by atoms with Crippen molar-refractivity contribution in [3.63, 3.8) is 0 Å². The van der Waals surface area contributed by atoms with Gasteiger partial charge in [0.15, 0.2) is 5.78 Å². The van der Waals surface area contributed by atoms with E-state index >= 15 is 0 Å². The van der Waals surface area contributed by atoms with Gasteiger partial charge in [-0.05, 0) is 57.9 Å². The van der Waals surface area contributed by atoms with Crippen LogP contribution in [0.5, 0.6) is 0 Å².